The van der Waals surface area contributed by atoms with Crippen molar-refractivity contribution in [1.29, 1.82) is 0 Å². The number of hydrogen-bond donors (Lipinski definition) is 2. The van der Waals surface area contributed by atoms with E-state index in [0.29, 0.717) is 5.56 Å². The summed E-state index contributed by atoms with van der Waals surface area (Å²) in [4.78, 5) is 26.5. The maximum atomic E-state index is 11.8. The predicted molar refractivity (Wildman–Crippen MR) is 57.4 cm³/mol. The molecule has 90 valence electrons. The number of rotatable bonds is 3. The van der Waals surface area contributed by atoms with Crippen molar-refractivity contribution in [2.45, 2.75) is 6.04 Å². The van der Waals surface area contributed by atoms with Gasteiger partial charge in [0.05, 0.1) is 19.3 Å². The zero-order valence-electron chi connectivity index (χ0n) is 9.00. The monoisotopic (exact) mass is 236 g/mol. The third-order valence-electron chi connectivity index (χ3n) is 2.66. The number of aromatic nitrogens is 1. The van der Waals surface area contributed by atoms with Crippen LogP contribution in [0.1, 0.15) is 10.4 Å². The van der Waals surface area contributed by atoms with Crippen LogP contribution >= 0.6 is 0 Å². The second-order valence-electron chi connectivity index (χ2n) is 3.80. The number of carbonyl (C=O) groups excluding carboxylic acids is 1. The fourth-order valence-corrected chi connectivity index (χ4v) is 1.69. The summed E-state index contributed by atoms with van der Waals surface area (Å²) in [5.74, 6) is -1.95. The molecule has 2 heterocycles. The Kier molecular flexibility index (Phi) is 3.34. The highest BCUT2D eigenvalue weighted by atomic mass is 16.5. The molecule has 1 fully saturated rings. The van der Waals surface area contributed by atoms with Crippen molar-refractivity contribution in [3.8, 4) is 0 Å². The number of carbonyl (C=O) groups is 2. The molecule has 1 aliphatic rings. The molecule has 17 heavy (non-hydrogen) atoms. The summed E-state index contributed by atoms with van der Waals surface area (Å²) in [5.41, 5.74) is 0.455. The molecule has 0 aliphatic carbocycles. The van der Waals surface area contributed by atoms with E-state index in [9.17, 15) is 9.59 Å². The molecule has 2 N–H and O–H groups in total. The summed E-state index contributed by atoms with van der Waals surface area (Å²) >= 11 is 0. The topological polar surface area (TPSA) is 88.5 Å². The van der Waals surface area contributed by atoms with Crippen molar-refractivity contribution >= 4 is 11.9 Å². The van der Waals surface area contributed by atoms with Crippen LogP contribution in [0, 0.1) is 5.92 Å². The molecule has 0 spiro atoms. The minimum absolute atomic E-state index is 0.136. The molecule has 6 heteroatoms. The summed E-state index contributed by atoms with van der Waals surface area (Å²) in [6, 6.07) is 2.66. The van der Waals surface area contributed by atoms with Crippen LogP contribution in [-0.2, 0) is 9.53 Å². The minimum atomic E-state index is -0.956. The van der Waals surface area contributed by atoms with Crippen molar-refractivity contribution in [2.75, 3.05) is 13.2 Å². The Labute approximate surface area is 97.6 Å². The SMILES string of the molecule is O=C(NC1COCC1C(=O)O)c1ccncc1. The molecule has 0 aromatic carbocycles. The molecule has 0 saturated carbocycles. The molecule has 0 bridgehead atoms. The first kappa shape index (κ1) is 11.5. The molecule has 0 radical (unpaired) electrons. The molecular formula is C11H12N2O4. The summed E-state index contributed by atoms with van der Waals surface area (Å²) in [5, 5.41) is 11.6. The molecule has 1 aromatic rings. The van der Waals surface area contributed by atoms with Gasteiger partial charge in [-0.15, -0.1) is 0 Å². The van der Waals surface area contributed by atoms with Crippen LogP contribution in [0.2, 0.25) is 0 Å². The van der Waals surface area contributed by atoms with Crippen molar-refractivity contribution in [2.24, 2.45) is 5.92 Å². The van der Waals surface area contributed by atoms with E-state index in [2.05, 4.69) is 10.3 Å². The fraction of sp³-hybridized carbons (Fsp3) is 0.364. The summed E-state index contributed by atoms with van der Waals surface area (Å²) in [6.45, 7) is 0.365. The first-order valence-corrected chi connectivity index (χ1v) is 5.20. The Bertz CT molecular complexity index is 421. The molecule has 2 rings (SSSR count). The Hall–Kier alpha value is -1.95. The first-order chi connectivity index (χ1) is 8.18. The van der Waals surface area contributed by atoms with Crippen LogP contribution in [0.25, 0.3) is 0 Å². The second-order valence-corrected chi connectivity index (χ2v) is 3.80. The number of pyridine rings is 1. The van der Waals surface area contributed by atoms with E-state index in [-0.39, 0.29) is 19.1 Å². The van der Waals surface area contributed by atoms with Crippen molar-refractivity contribution in [3.05, 3.63) is 30.1 Å². The lowest BCUT2D eigenvalue weighted by Gasteiger charge is -2.15. The minimum Gasteiger partial charge on any atom is -0.481 e. The molecule has 2 unspecified atom stereocenters. The van der Waals surface area contributed by atoms with Crippen LogP contribution in [0.4, 0.5) is 0 Å². The van der Waals surface area contributed by atoms with Gasteiger partial charge in [0, 0.05) is 18.0 Å². The molecule has 1 aliphatic heterocycles. The van der Waals surface area contributed by atoms with Gasteiger partial charge in [0.2, 0.25) is 0 Å². The van der Waals surface area contributed by atoms with Crippen LogP contribution in [-0.4, -0.2) is 41.2 Å². The summed E-state index contributed by atoms with van der Waals surface area (Å²) < 4.78 is 5.06. The van der Waals surface area contributed by atoms with Crippen molar-refractivity contribution in [1.82, 2.24) is 10.3 Å². The number of amides is 1. The van der Waals surface area contributed by atoms with E-state index in [1.807, 2.05) is 0 Å². The van der Waals surface area contributed by atoms with Gasteiger partial charge in [0.1, 0.15) is 5.92 Å². The van der Waals surface area contributed by atoms with Gasteiger partial charge in [0.25, 0.3) is 5.91 Å². The second kappa shape index (κ2) is 4.92. The normalized spacial score (nSPS) is 23.3. The highest BCUT2D eigenvalue weighted by molar-refractivity contribution is 5.94. The zero-order chi connectivity index (χ0) is 12.3. The predicted octanol–water partition coefficient (Wildman–Crippen LogP) is -0.0890. The van der Waals surface area contributed by atoms with E-state index in [1.165, 1.54) is 12.4 Å². The Morgan fingerprint density at radius 2 is 2.06 bits per heavy atom. The Morgan fingerprint density at radius 1 is 1.35 bits per heavy atom. The number of nitrogens with one attached hydrogen (secondary N) is 1. The number of nitrogens with zero attached hydrogens (tertiary/aromatic N) is 1. The maximum absolute atomic E-state index is 11.8. The average Bonchev–Trinajstić information content (AvgIpc) is 2.78. The first-order valence-electron chi connectivity index (χ1n) is 5.20. The van der Waals surface area contributed by atoms with E-state index >= 15 is 0 Å². The molecule has 6 nitrogen and oxygen atoms in total. The van der Waals surface area contributed by atoms with Crippen molar-refractivity contribution in [3.63, 3.8) is 0 Å². The maximum Gasteiger partial charge on any atom is 0.311 e. The summed E-state index contributed by atoms with van der Waals surface area (Å²) in [6.07, 6.45) is 3.02. The quantitative estimate of drug-likeness (QED) is 0.765. The van der Waals surface area contributed by atoms with E-state index in [1.54, 1.807) is 12.1 Å². The van der Waals surface area contributed by atoms with Gasteiger partial charge >= 0.3 is 5.97 Å². The van der Waals surface area contributed by atoms with Gasteiger partial charge in [-0.2, -0.15) is 0 Å². The van der Waals surface area contributed by atoms with Crippen LogP contribution < -0.4 is 5.32 Å². The largest absolute Gasteiger partial charge is 0.481 e. The standard InChI is InChI=1S/C11H12N2O4/c14-10(7-1-3-12-4-2-7)13-9-6-17-5-8(9)11(15)16/h1-4,8-9H,5-6H2,(H,13,14)(H,15,16). The number of carboxylic acids is 1. The van der Waals surface area contributed by atoms with E-state index in [0.717, 1.165) is 0 Å². The van der Waals surface area contributed by atoms with Crippen LogP contribution in [0.15, 0.2) is 24.5 Å². The summed E-state index contributed by atoms with van der Waals surface area (Å²) in [7, 11) is 0. The van der Waals surface area contributed by atoms with Gasteiger partial charge in [0.15, 0.2) is 0 Å². The molecular weight excluding hydrogens is 224 g/mol. The number of ether oxygens (including phenoxy) is 1. The number of hydrogen-bond acceptors (Lipinski definition) is 4. The molecule has 1 aromatic heterocycles. The van der Waals surface area contributed by atoms with Gasteiger partial charge in [-0.1, -0.05) is 0 Å². The average molecular weight is 236 g/mol. The molecule has 1 saturated heterocycles. The van der Waals surface area contributed by atoms with E-state index in [4.69, 9.17) is 9.84 Å². The number of carboxylic acid groups (broad SMARTS) is 1. The highest BCUT2D eigenvalue weighted by Gasteiger charge is 2.35. The van der Waals surface area contributed by atoms with Crippen LogP contribution in [0.5, 0.6) is 0 Å². The fourth-order valence-electron chi connectivity index (χ4n) is 1.69. The lowest BCUT2D eigenvalue weighted by Crippen LogP contribution is -2.42. The lowest BCUT2D eigenvalue weighted by molar-refractivity contribution is -0.142. The third kappa shape index (κ3) is 2.59. The lowest BCUT2D eigenvalue weighted by atomic mass is 10.0. The molecule has 1 amide bonds. The molecule has 2 atom stereocenters. The van der Waals surface area contributed by atoms with E-state index < -0.39 is 17.9 Å². The van der Waals surface area contributed by atoms with Gasteiger partial charge in [-0.05, 0) is 12.1 Å². The third-order valence-corrected chi connectivity index (χ3v) is 2.66. The Morgan fingerprint density at radius 3 is 2.71 bits per heavy atom. The van der Waals surface area contributed by atoms with Crippen molar-refractivity contribution < 1.29 is 19.4 Å². The van der Waals surface area contributed by atoms with Crippen LogP contribution in [0.3, 0.4) is 0 Å². The Balaban J connectivity index is 2.02. The number of aliphatic carboxylic acids is 1. The van der Waals surface area contributed by atoms with Gasteiger partial charge in [-0.25, -0.2) is 0 Å². The zero-order valence-corrected chi connectivity index (χ0v) is 9.00. The van der Waals surface area contributed by atoms with Gasteiger partial charge in [-0.3, -0.25) is 14.6 Å². The smallest absolute Gasteiger partial charge is 0.311 e. The highest BCUT2D eigenvalue weighted by Crippen LogP contribution is 2.14. The van der Waals surface area contributed by atoms with Gasteiger partial charge < -0.3 is 15.2 Å².